The van der Waals surface area contributed by atoms with Crippen molar-refractivity contribution in [2.45, 2.75) is 19.8 Å². The Labute approximate surface area is 131 Å². The summed E-state index contributed by atoms with van der Waals surface area (Å²) in [6.45, 7) is 3.80. The number of allylic oxidation sites excluding steroid dienone is 1. The summed E-state index contributed by atoms with van der Waals surface area (Å²) in [7, 11) is 0. The SMILES string of the molecule is Cc1ccc(C)c([C@H]2C(C#N)=C(N)Oc3[nH]c(=O)[nH]c(=O)c32)c1. The maximum absolute atomic E-state index is 12.3. The molecule has 0 saturated heterocycles. The lowest BCUT2D eigenvalue weighted by molar-refractivity contribution is 0.373. The van der Waals surface area contributed by atoms with E-state index in [9.17, 15) is 14.9 Å². The maximum Gasteiger partial charge on any atom is 0.328 e. The molecule has 1 aromatic carbocycles. The molecule has 1 aliphatic rings. The molecule has 0 radical (unpaired) electrons. The minimum atomic E-state index is -0.693. The normalized spacial score (nSPS) is 16.5. The van der Waals surface area contributed by atoms with Crippen molar-refractivity contribution in [1.29, 1.82) is 5.26 Å². The highest BCUT2D eigenvalue weighted by Crippen LogP contribution is 2.39. The highest BCUT2D eigenvalue weighted by atomic mass is 16.5. The highest BCUT2D eigenvalue weighted by Gasteiger charge is 2.34. The molecular weight excluding hydrogens is 296 g/mol. The van der Waals surface area contributed by atoms with E-state index < -0.39 is 17.2 Å². The van der Waals surface area contributed by atoms with E-state index in [4.69, 9.17) is 10.5 Å². The van der Waals surface area contributed by atoms with Crippen LogP contribution < -0.4 is 21.7 Å². The molecule has 4 N–H and O–H groups in total. The van der Waals surface area contributed by atoms with Crippen molar-refractivity contribution in [3.63, 3.8) is 0 Å². The third-order valence-corrected chi connectivity index (χ3v) is 3.86. The molecule has 7 heteroatoms. The zero-order valence-corrected chi connectivity index (χ0v) is 12.6. The van der Waals surface area contributed by atoms with Crippen LogP contribution in [0.5, 0.6) is 5.88 Å². The molecule has 23 heavy (non-hydrogen) atoms. The number of aromatic amines is 2. The Kier molecular flexibility index (Phi) is 3.30. The van der Waals surface area contributed by atoms with Crippen LogP contribution in [0.1, 0.15) is 28.2 Å². The number of aryl methyl sites for hydroxylation is 2. The van der Waals surface area contributed by atoms with Crippen molar-refractivity contribution in [1.82, 2.24) is 9.97 Å². The minimum Gasteiger partial charge on any atom is -0.424 e. The van der Waals surface area contributed by atoms with Crippen molar-refractivity contribution in [2.75, 3.05) is 0 Å². The summed E-state index contributed by atoms with van der Waals surface area (Å²) >= 11 is 0. The zero-order valence-electron chi connectivity index (χ0n) is 12.6. The molecule has 116 valence electrons. The maximum atomic E-state index is 12.3. The smallest absolute Gasteiger partial charge is 0.328 e. The summed E-state index contributed by atoms with van der Waals surface area (Å²) in [5, 5.41) is 9.47. The van der Waals surface area contributed by atoms with Gasteiger partial charge in [0.25, 0.3) is 5.56 Å². The van der Waals surface area contributed by atoms with Crippen LogP contribution in [0.3, 0.4) is 0 Å². The Hall–Kier alpha value is -3.27. The second-order valence-electron chi connectivity index (χ2n) is 5.44. The van der Waals surface area contributed by atoms with Crippen molar-refractivity contribution in [3.8, 4) is 11.9 Å². The fraction of sp³-hybridized carbons (Fsp3) is 0.188. The van der Waals surface area contributed by atoms with Crippen LogP contribution in [0.2, 0.25) is 0 Å². The Bertz CT molecular complexity index is 992. The first kappa shape index (κ1) is 14.7. The number of nitrogens with two attached hydrogens (primary N) is 1. The van der Waals surface area contributed by atoms with Crippen LogP contribution in [0.15, 0.2) is 39.2 Å². The molecule has 0 fully saturated rings. The molecule has 1 aliphatic heterocycles. The fourth-order valence-corrected chi connectivity index (χ4v) is 2.77. The summed E-state index contributed by atoms with van der Waals surface area (Å²) in [6.07, 6.45) is 0. The van der Waals surface area contributed by atoms with Gasteiger partial charge >= 0.3 is 5.69 Å². The first-order valence-corrected chi connectivity index (χ1v) is 6.93. The molecule has 1 atom stereocenters. The van der Waals surface area contributed by atoms with Gasteiger partial charge in [0.1, 0.15) is 11.6 Å². The lowest BCUT2D eigenvalue weighted by Crippen LogP contribution is -2.33. The number of rotatable bonds is 1. The topological polar surface area (TPSA) is 125 Å². The van der Waals surface area contributed by atoms with Crippen LogP contribution in [0.4, 0.5) is 0 Å². The van der Waals surface area contributed by atoms with E-state index in [1.807, 2.05) is 38.1 Å². The minimum absolute atomic E-state index is 0.0267. The van der Waals surface area contributed by atoms with E-state index in [0.717, 1.165) is 16.7 Å². The standard InChI is InChI=1S/C16H14N4O3/c1-7-3-4-8(2)9(5-7)11-10(6-17)13(18)23-15-12(11)14(21)19-16(22)20-15/h3-5,11H,18H2,1-2H3,(H2,19,20,21,22)/t11-/m0/s1. The molecule has 1 aromatic heterocycles. The van der Waals surface area contributed by atoms with E-state index in [0.29, 0.717) is 0 Å². The number of benzene rings is 1. The number of nitrogens with zero attached hydrogens (tertiary/aromatic N) is 1. The Morgan fingerprint density at radius 1 is 1.26 bits per heavy atom. The van der Waals surface area contributed by atoms with Gasteiger partial charge in [-0.1, -0.05) is 23.8 Å². The van der Waals surface area contributed by atoms with Crippen molar-refractivity contribution >= 4 is 0 Å². The predicted octanol–water partition coefficient (Wildman–Crippen LogP) is 0.898. The molecule has 2 aromatic rings. The molecular formula is C16H14N4O3. The number of aromatic nitrogens is 2. The van der Waals surface area contributed by atoms with Gasteiger partial charge in [0.15, 0.2) is 0 Å². The van der Waals surface area contributed by atoms with Gasteiger partial charge in [-0.2, -0.15) is 5.26 Å². The van der Waals surface area contributed by atoms with Gasteiger partial charge in [-0.25, -0.2) is 4.79 Å². The Balaban J connectivity index is 2.39. The lowest BCUT2D eigenvalue weighted by Gasteiger charge is -2.26. The van der Waals surface area contributed by atoms with Gasteiger partial charge in [0.05, 0.1) is 11.5 Å². The summed E-state index contributed by atoms with van der Waals surface area (Å²) in [6, 6.07) is 7.76. The first-order chi connectivity index (χ1) is 10.9. The number of fused-ring (bicyclic) bond motifs is 1. The van der Waals surface area contributed by atoms with E-state index in [-0.39, 0.29) is 22.9 Å². The molecule has 0 amide bonds. The molecule has 0 unspecified atom stereocenters. The second kappa shape index (κ2) is 5.18. The highest BCUT2D eigenvalue weighted by molar-refractivity contribution is 5.54. The van der Waals surface area contributed by atoms with Gasteiger partial charge in [0, 0.05) is 0 Å². The summed E-state index contributed by atoms with van der Waals surface area (Å²) in [5.41, 5.74) is 7.49. The summed E-state index contributed by atoms with van der Waals surface area (Å²) in [5.74, 6) is -0.836. The summed E-state index contributed by atoms with van der Waals surface area (Å²) < 4.78 is 5.28. The molecule has 0 spiro atoms. The number of H-pyrrole nitrogens is 2. The number of nitriles is 1. The quantitative estimate of drug-likeness (QED) is 0.721. The molecule has 0 saturated carbocycles. The molecule has 2 heterocycles. The van der Waals surface area contributed by atoms with E-state index in [1.165, 1.54) is 0 Å². The van der Waals surface area contributed by atoms with Crippen LogP contribution in [0.25, 0.3) is 0 Å². The van der Waals surface area contributed by atoms with E-state index in [1.54, 1.807) is 0 Å². The van der Waals surface area contributed by atoms with Crippen LogP contribution in [-0.2, 0) is 0 Å². The van der Waals surface area contributed by atoms with E-state index >= 15 is 0 Å². The van der Waals surface area contributed by atoms with Gasteiger partial charge in [-0.15, -0.1) is 0 Å². The van der Waals surface area contributed by atoms with Gasteiger partial charge < -0.3 is 10.5 Å². The van der Waals surface area contributed by atoms with Crippen LogP contribution in [0, 0.1) is 25.2 Å². The average molecular weight is 310 g/mol. The first-order valence-electron chi connectivity index (χ1n) is 6.93. The fourth-order valence-electron chi connectivity index (χ4n) is 2.77. The van der Waals surface area contributed by atoms with Gasteiger partial charge in [-0.3, -0.25) is 14.8 Å². The molecule has 0 aliphatic carbocycles. The second-order valence-corrected chi connectivity index (χ2v) is 5.44. The van der Waals surface area contributed by atoms with Crippen LogP contribution in [-0.4, -0.2) is 9.97 Å². The van der Waals surface area contributed by atoms with Gasteiger partial charge in [0.2, 0.25) is 11.8 Å². The average Bonchev–Trinajstić information content (AvgIpc) is 2.48. The van der Waals surface area contributed by atoms with Gasteiger partial charge in [-0.05, 0) is 25.0 Å². The van der Waals surface area contributed by atoms with Crippen LogP contribution >= 0.6 is 0 Å². The monoisotopic (exact) mass is 310 g/mol. The number of nitrogens with one attached hydrogen (secondary N) is 2. The largest absolute Gasteiger partial charge is 0.424 e. The Morgan fingerprint density at radius 3 is 2.70 bits per heavy atom. The number of hydrogen-bond acceptors (Lipinski definition) is 5. The molecule has 3 rings (SSSR count). The summed E-state index contributed by atoms with van der Waals surface area (Å²) in [4.78, 5) is 28.4. The third kappa shape index (κ3) is 2.30. The number of hydrogen-bond donors (Lipinski definition) is 3. The molecule has 7 nitrogen and oxygen atoms in total. The predicted molar refractivity (Wildman–Crippen MR) is 82.9 cm³/mol. The third-order valence-electron chi connectivity index (χ3n) is 3.86. The Morgan fingerprint density at radius 2 is 2.00 bits per heavy atom. The zero-order chi connectivity index (χ0) is 16.7. The van der Waals surface area contributed by atoms with Crippen molar-refractivity contribution in [2.24, 2.45) is 5.73 Å². The van der Waals surface area contributed by atoms with Crippen molar-refractivity contribution < 1.29 is 4.74 Å². The van der Waals surface area contributed by atoms with E-state index in [2.05, 4.69) is 9.97 Å². The van der Waals surface area contributed by atoms with Crippen molar-refractivity contribution in [3.05, 3.63) is 72.7 Å². The lowest BCUT2D eigenvalue weighted by atomic mass is 9.82. The number of ether oxygens (including phenoxy) is 1. The molecule has 0 bridgehead atoms.